The molecule has 0 aromatic heterocycles. The Bertz CT molecular complexity index is 611. The summed E-state index contributed by atoms with van der Waals surface area (Å²) in [4.78, 5) is 0.418. The van der Waals surface area contributed by atoms with Crippen molar-refractivity contribution in [2.45, 2.75) is 6.92 Å². The average molecular weight is 272 g/mol. The summed E-state index contributed by atoms with van der Waals surface area (Å²) in [6.45, 7) is 1.99. The molecule has 0 bridgehead atoms. The SMILES string of the molecule is COc1ccccc1Nc1ccc(C(N)=S)c(C)c1. The van der Waals surface area contributed by atoms with E-state index < -0.39 is 0 Å². The second-order valence-electron chi connectivity index (χ2n) is 4.22. The van der Waals surface area contributed by atoms with Crippen LogP contribution in [0.3, 0.4) is 0 Å². The van der Waals surface area contributed by atoms with Crippen molar-refractivity contribution in [3.63, 3.8) is 0 Å². The minimum Gasteiger partial charge on any atom is -0.495 e. The lowest BCUT2D eigenvalue weighted by Crippen LogP contribution is -2.11. The third-order valence-electron chi connectivity index (χ3n) is 2.88. The van der Waals surface area contributed by atoms with Crippen molar-refractivity contribution in [2.24, 2.45) is 5.73 Å². The highest BCUT2D eigenvalue weighted by Gasteiger charge is 2.05. The molecule has 0 heterocycles. The monoisotopic (exact) mass is 272 g/mol. The lowest BCUT2D eigenvalue weighted by Gasteiger charge is -2.12. The maximum Gasteiger partial charge on any atom is 0.142 e. The standard InChI is InChI=1S/C15H16N2OS/c1-10-9-11(7-8-12(10)15(16)19)17-13-5-3-4-6-14(13)18-2/h3-9,17H,1-2H3,(H2,16,19). The fraction of sp³-hybridized carbons (Fsp3) is 0.133. The fourth-order valence-electron chi connectivity index (χ4n) is 1.92. The van der Waals surface area contributed by atoms with Gasteiger partial charge in [-0.25, -0.2) is 0 Å². The maximum absolute atomic E-state index is 5.65. The third-order valence-corrected chi connectivity index (χ3v) is 3.10. The van der Waals surface area contributed by atoms with Crippen LogP contribution < -0.4 is 15.8 Å². The molecular formula is C15H16N2OS. The summed E-state index contributed by atoms with van der Waals surface area (Å²) in [5, 5.41) is 3.32. The normalized spacial score (nSPS) is 10.0. The van der Waals surface area contributed by atoms with E-state index in [0.717, 1.165) is 28.3 Å². The van der Waals surface area contributed by atoms with Gasteiger partial charge in [-0.3, -0.25) is 0 Å². The molecule has 0 spiro atoms. The molecule has 0 radical (unpaired) electrons. The molecule has 0 aliphatic heterocycles. The molecule has 0 amide bonds. The number of rotatable bonds is 4. The summed E-state index contributed by atoms with van der Waals surface area (Å²) in [6, 6.07) is 13.7. The van der Waals surface area contributed by atoms with Gasteiger partial charge in [0.25, 0.3) is 0 Å². The second kappa shape index (κ2) is 5.71. The van der Waals surface area contributed by atoms with E-state index in [1.165, 1.54) is 0 Å². The van der Waals surface area contributed by atoms with Gasteiger partial charge in [0.2, 0.25) is 0 Å². The molecule has 0 saturated heterocycles. The van der Waals surface area contributed by atoms with Crippen LogP contribution in [0.25, 0.3) is 0 Å². The Balaban J connectivity index is 2.29. The van der Waals surface area contributed by atoms with Crippen molar-refractivity contribution in [3.05, 3.63) is 53.6 Å². The van der Waals surface area contributed by atoms with E-state index in [4.69, 9.17) is 22.7 Å². The highest BCUT2D eigenvalue weighted by molar-refractivity contribution is 7.80. The van der Waals surface area contributed by atoms with Gasteiger partial charge in [0.05, 0.1) is 12.8 Å². The fourth-order valence-corrected chi connectivity index (χ4v) is 2.15. The molecule has 98 valence electrons. The number of para-hydroxylation sites is 2. The van der Waals surface area contributed by atoms with Gasteiger partial charge in [0.15, 0.2) is 0 Å². The molecule has 0 aliphatic carbocycles. The van der Waals surface area contributed by atoms with E-state index in [1.54, 1.807) is 7.11 Å². The lowest BCUT2D eigenvalue weighted by atomic mass is 10.1. The van der Waals surface area contributed by atoms with E-state index in [-0.39, 0.29) is 0 Å². The highest BCUT2D eigenvalue weighted by atomic mass is 32.1. The summed E-state index contributed by atoms with van der Waals surface area (Å²) < 4.78 is 5.31. The van der Waals surface area contributed by atoms with Crippen molar-refractivity contribution < 1.29 is 4.74 Å². The Morgan fingerprint density at radius 2 is 1.95 bits per heavy atom. The Morgan fingerprint density at radius 3 is 2.58 bits per heavy atom. The largest absolute Gasteiger partial charge is 0.495 e. The molecule has 0 atom stereocenters. The third kappa shape index (κ3) is 3.03. The first kappa shape index (κ1) is 13.4. The minimum atomic E-state index is 0.418. The van der Waals surface area contributed by atoms with E-state index in [0.29, 0.717) is 4.99 Å². The number of nitrogens with one attached hydrogen (secondary N) is 1. The van der Waals surface area contributed by atoms with E-state index in [2.05, 4.69) is 5.32 Å². The van der Waals surface area contributed by atoms with Gasteiger partial charge in [0, 0.05) is 11.3 Å². The van der Waals surface area contributed by atoms with Crippen LogP contribution in [0.1, 0.15) is 11.1 Å². The predicted octanol–water partition coefficient (Wildman–Crippen LogP) is 3.38. The predicted molar refractivity (Wildman–Crippen MR) is 83.3 cm³/mol. The average Bonchev–Trinajstić information content (AvgIpc) is 2.39. The number of thiocarbonyl (C=S) groups is 1. The van der Waals surface area contributed by atoms with E-state index in [9.17, 15) is 0 Å². The van der Waals surface area contributed by atoms with Crippen molar-refractivity contribution in [1.29, 1.82) is 0 Å². The van der Waals surface area contributed by atoms with Crippen molar-refractivity contribution in [3.8, 4) is 5.75 Å². The molecule has 19 heavy (non-hydrogen) atoms. The second-order valence-corrected chi connectivity index (χ2v) is 4.66. The first-order valence-corrected chi connectivity index (χ1v) is 6.33. The molecule has 0 saturated carbocycles. The number of aryl methyl sites for hydroxylation is 1. The van der Waals surface area contributed by atoms with Gasteiger partial charge in [-0.15, -0.1) is 0 Å². The van der Waals surface area contributed by atoms with Crippen LogP contribution in [0.5, 0.6) is 5.75 Å². The number of ether oxygens (including phenoxy) is 1. The Kier molecular flexibility index (Phi) is 4.02. The molecule has 3 nitrogen and oxygen atoms in total. The van der Waals surface area contributed by atoms with Gasteiger partial charge in [0.1, 0.15) is 10.7 Å². The number of benzene rings is 2. The zero-order valence-corrected chi connectivity index (χ0v) is 11.8. The Hall–Kier alpha value is -2.07. The van der Waals surface area contributed by atoms with Crippen LogP contribution in [0, 0.1) is 6.92 Å². The van der Waals surface area contributed by atoms with Gasteiger partial charge in [-0.1, -0.05) is 24.4 Å². The number of hydrogen-bond acceptors (Lipinski definition) is 3. The summed E-state index contributed by atoms with van der Waals surface area (Å²) >= 11 is 5.00. The Morgan fingerprint density at radius 1 is 1.21 bits per heavy atom. The maximum atomic E-state index is 5.65. The first-order chi connectivity index (χ1) is 9.11. The highest BCUT2D eigenvalue weighted by Crippen LogP contribution is 2.27. The lowest BCUT2D eigenvalue weighted by molar-refractivity contribution is 0.417. The smallest absolute Gasteiger partial charge is 0.142 e. The number of nitrogens with two attached hydrogens (primary N) is 1. The molecule has 2 rings (SSSR count). The zero-order chi connectivity index (χ0) is 13.8. The van der Waals surface area contributed by atoms with Crippen LogP contribution in [0.2, 0.25) is 0 Å². The molecule has 2 aromatic carbocycles. The van der Waals surface area contributed by atoms with Crippen LogP contribution in [0.4, 0.5) is 11.4 Å². The molecular weight excluding hydrogens is 256 g/mol. The van der Waals surface area contributed by atoms with E-state index in [1.807, 2.05) is 49.4 Å². The first-order valence-electron chi connectivity index (χ1n) is 5.92. The van der Waals surface area contributed by atoms with Crippen molar-refractivity contribution in [1.82, 2.24) is 0 Å². The summed E-state index contributed by atoms with van der Waals surface area (Å²) in [6.07, 6.45) is 0. The van der Waals surface area contributed by atoms with Crippen LogP contribution in [-0.4, -0.2) is 12.1 Å². The zero-order valence-electron chi connectivity index (χ0n) is 10.9. The van der Waals surface area contributed by atoms with Crippen LogP contribution >= 0.6 is 12.2 Å². The van der Waals surface area contributed by atoms with Gasteiger partial charge in [-0.2, -0.15) is 0 Å². The van der Waals surface area contributed by atoms with E-state index >= 15 is 0 Å². The number of hydrogen-bond donors (Lipinski definition) is 2. The molecule has 0 unspecified atom stereocenters. The molecule has 2 aromatic rings. The van der Waals surface area contributed by atoms with Gasteiger partial charge >= 0.3 is 0 Å². The molecule has 0 fully saturated rings. The van der Waals surface area contributed by atoms with Gasteiger partial charge < -0.3 is 15.8 Å². The number of anilines is 2. The minimum absolute atomic E-state index is 0.418. The summed E-state index contributed by atoms with van der Waals surface area (Å²) in [5.41, 5.74) is 9.50. The quantitative estimate of drug-likeness (QED) is 0.838. The molecule has 3 N–H and O–H groups in total. The summed E-state index contributed by atoms with van der Waals surface area (Å²) in [7, 11) is 1.65. The summed E-state index contributed by atoms with van der Waals surface area (Å²) in [5.74, 6) is 0.804. The van der Waals surface area contributed by atoms with Crippen LogP contribution in [0.15, 0.2) is 42.5 Å². The molecule has 4 heteroatoms. The van der Waals surface area contributed by atoms with Crippen molar-refractivity contribution in [2.75, 3.05) is 12.4 Å². The van der Waals surface area contributed by atoms with Gasteiger partial charge in [-0.05, 0) is 42.8 Å². The molecule has 0 aliphatic rings. The topological polar surface area (TPSA) is 47.3 Å². The number of methoxy groups -OCH3 is 1. The van der Waals surface area contributed by atoms with Crippen molar-refractivity contribution >= 4 is 28.6 Å². The Labute approximate surface area is 118 Å². The van der Waals surface area contributed by atoms with Crippen LogP contribution in [-0.2, 0) is 0 Å².